The Hall–Kier alpha value is -2.74. The van der Waals surface area contributed by atoms with E-state index < -0.39 is 5.60 Å². The summed E-state index contributed by atoms with van der Waals surface area (Å²) in [6, 6.07) is 5.39. The fraction of sp³-hybridized carbons (Fsp3) is 0.474. The van der Waals surface area contributed by atoms with Crippen LogP contribution in [-0.2, 0) is 5.60 Å². The molecule has 2 aliphatic rings. The highest BCUT2D eigenvalue weighted by Crippen LogP contribution is 2.47. The van der Waals surface area contributed by atoms with Gasteiger partial charge < -0.3 is 19.5 Å². The van der Waals surface area contributed by atoms with Gasteiger partial charge in [0.1, 0.15) is 11.3 Å². The standard InChI is InChI=1S/C19H22N4O4/c1-26-16-14(11-21-18(22-16)27-2)19(25)9-12-6-7-13(10-19)23(12)17(24)15-5-3-4-8-20-15/h3-5,8,11-13,25H,6-7,9-10H2,1-2H3. The molecule has 2 atom stereocenters. The lowest BCUT2D eigenvalue weighted by molar-refractivity contribution is -0.0498. The molecule has 27 heavy (non-hydrogen) atoms. The third kappa shape index (κ3) is 2.99. The average molecular weight is 370 g/mol. The van der Waals surface area contributed by atoms with Crippen molar-refractivity contribution in [3.63, 3.8) is 0 Å². The Bertz CT molecular complexity index is 831. The second kappa shape index (κ2) is 6.77. The number of ether oxygens (including phenoxy) is 2. The lowest BCUT2D eigenvalue weighted by atomic mass is 9.81. The van der Waals surface area contributed by atoms with Gasteiger partial charge in [-0.2, -0.15) is 4.98 Å². The van der Waals surface area contributed by atoms with Crippen LogP contribution in [0.2, 0.25) is 0 Å². The zero-order valence-corrected chi connectivity index (χ0v) is 15.3. The Morgan fingerprint density at radius 3 is 2.52 bits per heavy atom. The topological polar surface area (TPSA) is 97.7 Å². The molecule has 142 valence electrons. The van der Waals surface area contributed by atoms with Crippen LogP contribution >= 0.6 is 0 Å². The zero-order valence-electron chi connectivity index (χ0n) is 15.3. The number of nitrogens with zero attached hydrogens (tertiary/aromatic N) is 4. The maximum absolute atomic E-state index is 12.9. The van der Waals surface area contributed by atoms with Gasteiger partial charge in [0.05, 0.1) is 19.8 Å². The average Bonchev–Trinajstić information content (AvgIpc) is 2.99. The van der Waals surface area contributed by atoms with Gasteiger partial charge in [-0.05, 0) is 25.0 Å². The van der Waals surface area contributed by atoms with E-state index >= 15 is 0 Å². The van der Waals surface area contributed by atoms with E-state index in [-0.39, 0.29) is 24.0 Å². The smallest absolute Gasteiger partial charge is 0.319 e. The minimum Gasteiger partial charge on any atom is -0.481 e. The molecule has 0 aromatic carbocycles. The minimum atomic E-state index is -1.15. The van der Waals surface area contributed by atoms with Crippen molar-refractivity contribution in [3.8, 4) is 11.9 Å². The molecule has 2 aromatic heterocycles. The number of piperidine rings is 1. The molecular formula is C19H22N4O4. The molecule has 2 bridgehead atoms. The van der Waals surface area contributed by atoms with Gasteiger partial charge in [-0.15, -0.1) is 0 Å². The van der Waals surface area contributed by atoms with Gasteiger partial charge in [-0.3, -0.25) is 9.78 Å². The molecule has 2 aromatic rings. The number of aromatic nitrogens is 3. The molecule has 2 unspecified atom stereocenters. The van der Waals surface area contributed by atoms with Gasteiger partial charge >= 0.3 is 6.01 Å². The van der Waals surface area contributed by atoms with Crippen LogP contribution in [0.1, 0.15) is 41.7 Å². The third-order valence-electron chi connectivity index (χ3n) is 5.49. The first kappa shape index (κ1) is 17.7. The van der Waals surface area contributed by atoms with Gasteiger partial charge in [0.15, 0.2) is 0 Å². The van der Waals surface area contributed by atoms with Crippen molar-refractivity contribution >= 4 is 5.91 Å². The molecule has 2 saturated heterocycles. The van der Waals surface area contributed by atoms with Crippen LogP contribution in [0.3, 0.4) is 0 Å². The predicted octanol–water partition coefficient (Wildman–Crippen LogP) is 1.54. The Labute approximate surface area is 157 Å². The van der Waals surface area contributed by atoms with Gasteiger partial charge in [-0.25, -0.2) is 4.98 Å². The number of carbonyl (C=O) groups is 1. The quantitative estimate of drug-likeness (QED) is 0.872. The van der Waals surface area contributed by atoms with Gasteiger partial charge in [0, 0.05) is 37.3 Å². The lowest BCUT2D eigenvalue weighted by Gasteiger charge is -2.43. The van der Waals surface area contributed by atoms with E-state index in [1.165, 1.54) is 14.2 Å². The second-order valence-electron chi connectivity index (χ2n) is 7.03. The molecule has 8 heteroatoms. The molecule has 0 saturated carbocycles. The van der Waals surface area contributed by atoms with Crippen molar-refractivity contribution in [2.45, 2.75) is 43.4 Å². The Balaban J connectivity index is 1.62. The summed E-state index contributed by atoms with van der Waals surface area (Å²) >= 11 is 0. The fourth-order valence-electron chi connectivity index (χ4n) is 4.32. The van der Waals surface area contributed by atoms with E-state index in [0.717, 1.165) is 12.8 Å². The summed E-state index contributed by atoms with van der Waals surface area (Å²) in [5.41, 5.74) is -0.178. The molecule has 0 radical (unpaired) electrons. The summed E-state index contributed by atoms with van der Waals surface area (Å²) in [6.45, 7) is 0. The van der Waals surface area contributed by atoms with Crippen LogP contribution in [0.5, 0.6) is 11.9 Å². The second-order valence-corrected chi connectivity index (χ2v) is 7.03. The molecule has 4 heterocycles. The summed E-state index contributed by atoms with van der Waals surface area (Å²) < 4.78 is 10.4. The maximum atomic E-state index is 12.9. The van der Waals surface area contributed by atoms with E-state index in [0.29, 0.717) is 30.0 Å². The third-order valence-corrected chi connectivity index (χ3v) is 5.49. The number of carbonyl (C=O) groups excluding carboxylic acids is 1. The van der Waals surface area contributed by atoms with Crippen molar-refractivity contribution in [2.24, 2.45) is 0 Å². The van der Waals surface area contributed by atoms with Crippen molar-refractivity contribution in [1.82, 2.24) is 19.9 Å². The molecule has 1 N–H and O–H groups in total. The largest absolute Gasteiger partial charge is 0.481 e. The Morgan fingerprint density at radius 2 is 1.93 bits per heavy atom. The first-order valence-electron chi connectivity index (χ1n) is 8.97. The Morgan fingerprint density at radius 1 is 1.19 bits per heavy atom. The number of rotatable bonds is 4. The summed E-state index contributed by atoms with van der Waals surface area (Å²) in [6.07, 6.45) is 5.70. The number of amides is 1. The van der Waals surface area contributed by atoms with Crippen LogP contribution in [0, 0.1) is 0 Å². The summed E-state index contributed by atoms with van der Waals surface area (Å²) in [4.78, 5) is 27.3. The molecule has 1 amide bonds. The zero-order chi connectivity index (χ0) is 19.0. The van der Waals surface area contributed by atoms with E-state index in [1.54, 1.807) is 24.5 Å². The number of methoxy groups -OCH3 is 2. The van der Waals surface area contributed by atoms with E-state index in [1.807, 2.05) is 11.0 Å². The van der Waals surface area contributed by atoms with Crippen LogP contribution in [0.25, 0.3) is 0 Å². The number of hydrogen-bond acceptors (Lipinski definition) is 7. The first-order chi connectivity index (χ1) is 13.1. The summed E-state index contributed by atoms with van der Waals surface area (Å²) in [5, 5.41) is 11.4. The minimum absolute atomic E-state index is 0.0601. The molecular weight excluding hydrogens is 348 g/mol. The van der Waals surface area contributed by atoms with Crippen molar-refractivity contribution in [2.75, 3.05) is 14.2 Å². The highest BCUT2D eigenvalue weighted by Gasteiger charge is 2.51. The summed E-state index contributed by atoms with van der Waals surface area (Å²) in [7, 11) is 2.98. The molecule has 2 fully saturated rings. The molecule has 0 spiro atoms. The highest BCUT2D eigenvalue weighted by molar-refractivity contribution is 5.93. The van der Waals surface area contributed by atoms with Crippen molar-refractivity contribution in [1.29, 1.82) is 0 Å². The number of pyridine rings is 1. The van der Waals surface area contributed by atoms with Crippen LogP contribution in [0.15, 0.2) is 30.6 Å². The first-order valence-corrected chi connectivity index (χ1v) is 8.97. The van der Waals surface area contributed by atoms with Gasteiger partial charge in [0.2, 0.25) is 5.88 Å². The predicted molar refractivity (Wildman–Crippen MR) is 95.5 cm³/mol. The number of fused-ring (bicyclic) bond motifs is 2. The normalized spacial score (nSPS) is 26.7. The van der Waals surface area contributed by atoms with Crippen LogP contribution in [-0.4, -0.2) is 57.2 Å². The highest BCUT2D eigenvalue weighted by atomic mass is 16.5. The Kier molecular flexibility index (Phi) is 4.43. The molecule has 8 nitrogen and oxygen atoms in total. The number of hydrogen-bond donors (Lipinski definition) is 1. The fourth-order valence-corrected chi connectivity index (χ4v) is 4.32. The van der Waals surface area contributed by atoms with Crippen LogP contribution in [0.4, 0.5) is 0 Å². The van der Waals surface area contributed by atoms with Crippen molar-refractivity contribution < 1.29 is 19.4 Å². The monoisotopic (exact) mass is 370 g/mol. The SMILES string of the molecule is COc1ncc(C2(O)CC3CCC(C2)N3C(=O)c2ccccn2)c(OC)n1. The lowest BCUT2D eigenvalue weighted by Crippen LogP contribution is -2.52. The molecule has 0 aliphatic carbocycles. The van der Waals surface area contributed by atoms with Gasteiger partial charge in [0.25, 0.3) is 5.91 Å². The van der Waals surface area contributed by atoms with Crippen molar-refractivity contribution in [3.05, 3.63) is 41.9 Å². The molecule has 2 aliphatic heterocycles. The summed E-state index contributed by atoms with van der Waals surface area (Å²) in [5.74, 6) is 0.219. The van der Waals surface area contributed by atoms with Gasteiger partial charge in [-0.1, -0.05) is 6.07 Å². The van der Waals surface area contributed by atoms with E-state index in [4.69, 9.17) is 9.47 Å². The van der Waals surface area contributed by atoms with Crippen LogP contribution < -0.4 is 9.47 Å². The number of aliphatic hydroxyl groups is 1. The van der Waals surface area contributed by atoms with E-state index in [2.05, 4.69) is 15.0 Å². The maximum Gasteiger partial charge on any atom is 0.319 e. The van der Waals surface area contributed by atoms with E-state index in [9.17, 15) is 9.90 Å². The molecule has 4 rings (SSSR count).